The molecule has 4 heterocycles. The number of para-hydroxylation sites is 2. The van der Waals surface area contributed by atoms with E-state index >= 15 is 35.1 Å². The van der Waals surface area contributed by atoms with Gasteiger partial charge in [-0.3, -0.25) is 0 Å². The smallest absolute Gasteiger partial charge is 0.378 e. The number of benzene rings is 8. The fourth-order valence-electron chi connectivity index (χ4n) is 11.5. The van der Waals surface area contributed by atoms with E-state index in [-0.39, 0.29) is 53.9 Å². The first-order chi connectivity index (χ1) is 46.4. The molecule has 0 spiro atoms. The Morgan fingerprint density at radius 2 is 0.867 bits per heavy atom. The number of nitrogens with zero attached hydrogens (tertiary/aromatic N) is 6. The summed E-state index contributed by atoms with van der Waals surface area (Å²) >= 11 is 2.22. The van der Waals surface area contributed by atoms with E-state index in [1.807, 2.05) is 41.7 Å². The van der Waals surface area contributed by atoms with Crippen molar-refractivity contribution < 1.29 is 77.7 Å². The van der Waals surface area contributed by atoms with E-state index in [1.165, 1.54) is 6.07 Å². The number of thiazole rings is 2. The van der Waals surface area contributed by atoms with E-state index in [9.17, 15) is 48.9 Å². The molecule has 0 saturated carbocycles. The summed E-state index contributed by atoms with van der Waals surface area (Å²) in [6.07, 6.45) is 0. The van der Waals surface area contributed by atoms with E-state index in [1.54, 1.807) is 168 Å². The topological polar surface area (TPSA) is 207 Å². The first-order valence-corrected chi connectivity index (χ1v) is 34.6. The van der Waals surface area contributed by atoms with Gasteiger partial charge in [0.1, 0.15) is 39.0 Å². The molecule has 0 fully saturated rings. The molecule has 4 aromatic heterocycles. The van der Waals surface area contributed by atoms with E-state index in [4.69, 9.17) is 9.97 Å². The molecule has 0 amide bonds. The predicted molar refractivity (Wildman–Crippen MR) is 353 cm³/mol. The maximum absolute atomic E-state index is 16.3. The number of fused-ring (bicyclic) bond motifs is 3. The number of nitriles is 2. The van der Waals surface area contributed by atoms with Gasteiger partial charge in [0.05, 0.1) is 31.1 Å². The van der Waals surface area contributed by atoms with Gasteiger partial charge in [-0.1, -0.05) is 208 Å². The van der Waals surface area contributed by atoms with Crippen LogP contribution < -0.4 is 40.9 Å². The molecule has 12 rings (SSSR count). The minimum atomic E-state index is -8.38. The van der Waals surface area contributed by atoms with Crippen LogP contribution in [0.2, 0.25) is 0 Å². The summed E-state index contributed by atoms with van der Waals surface area (Å²) in [7, 11) is -24.0. The number of hydrogen-bond donors (Lipinski definition) is 1. The molecule has 12 aromatic rings. The third-order valence-electron chi connectivity index (χ3n) is 15.9. The van der Waals surface area contributed by atoms with Crippen LogP contribution in [0.1, 0.15) is 15.6 Å². The number of aryl methyl sites for hydroxylation is 1. The molecule has 8 aromatic carbocycles. The van der Waals surface area contributed by atoms with Gasteiger partial charge >= 0.3 is 61.7 Å². The van der Waals surface area contributed by atoms with Crippen molar-refractivity contribution >= 4 is 131 Å². The van der Waals surface area contributed by atoms with Gasteiger partial charge in [-0.25, -0.2) is 26.8 Å². The molecule has 0 aliphatic heterocycles. The van der Waals surface area contributed by atoms with Crippen molar-refractivity contribution in [2.45, 2.75) is 34.8 Å². The summed E-state index contributed by atoms with van der Waals surface area (Å²) in [5, 5.41) is 9.19. The van der Waals surface area contributed by atoms with E-state index < -0.39 is 81.6 Å². The zero-order valence-corrected chi connectivity index (χ0v) is 53.8. The van der Waals surface area contributed by atoms with Crippen LogP contribution in [0.3, 0.4) is 0 Å². The van der Waals surface area contributed by atoms with Crippen LogP contribution in [0.15, 0.2) is 218 Å². The Morgan fingerprint density at radius 1 is 0.480 bits per heavy atom. The summed E-state index contributed by atoms with van der Waals surface area (Å²) in [4.78, 5) is 10.0. The van der Waals surface area contributed by atoms with Gasteiger partial charge in [0, 0.05) is 33.3 Å². The lowest BCUT2D eigenvalue weighted by Gasteiger charge is -2.35. The minimum Gasteiger partial charge on any atom is -0.378 e. The van der Waals surface area contributed by atoms with Gasteiger partial charge in [-0.15, -0.1) is 22.7 Å². The van der Waals surface area contributed by atoms with Crippen LogP contribution in [-0.2, 0) is 30.2 Å². The Balaban J connectivity index is 1.28. The highest BCUT2D eigenvalue weighted by atomic mass is 32.3. The lowest BCUT2D eigenvalue weighted by Crippen LogP contribution is -2.68. The van der Waals surface area contributed by atoms with Gasteiger partial charge in [0.15, 0.2) is 0 Å². The quantitative estimate of drug-likeness (QED) is 0.0458. The number of aromatic nitrogens is 4. The number of alkyl halides is 11. The van der Waals surface area contributed by atoms with Crippen LogP contribution in [0.5, 0.6) is 5.75 Å². The predicted octanol–water partition coefficient (Wildman–Crippen LogP) is 11.0. The average molecular weight is 1430 g/mol. The zero-order valence-electron chi connectivity index (χ0n) is 49.7. The highest BCUT2D eigenvalue weighted by molar-refractivity contribution is 8.05. The Morgan fingerprint density at radius 3 is 1.29 bits per heavy atom. The van der Waals surface area contributed by atoms with Crippen molar-refractivity contribution in [3.05, 3.63) is 245 Å². The largest absolute Gasteiger partial charge is 0.512 e. The number of nitrogens with one attached hydrogen (secondary N) is 1. The van der Waals surface area contributed by atoms with Crippen molar-refractivity contribution in [2.24, 2.45) is 0 Å². The second kappa shape index (κ2) is 25.2. The first-order valence-electron chi connectivity index (χ1n) is 28.6. The van der Waals surface area contributed by atoms with Crippen LogP contribution in [0.25, 0.3) is 64.9 Å². The number of halogens is 11. The van der Waals surface area contributed by atoms with Gasteiger partial charge < -0.3 is 13.1 Å². The van der Waals surface area contributed by atoms with Crippen molar-refractivity contribution in [2.75, 3.05) is 0 Å². The molecule has 0 radical (unpaired) electrons. The summed E-state index contributed by atoms with van der Waals surface area (Å²) in [5.41, 5.74) is -3.32. The standard InChI is InChI=1S/C66H40B2F11N7O7S5/c1-40-21-14-15-32-47(40)57-55-54(58(48(38-80)60-82-50-33-16-18-35-52(50)94-60)86(57)68(44-27-10-4-11-28-44)45-29-12-5-13-30-45)56(85(67(42-23-6-2-7-24-42)43-25-8-3-9-26-43)59(55)49(39-81)61-83-51-34-17-19-36-53(51)95-61)41-22-20-31-46(37-41)93-98(91,92)65(75,76)63(71,72)62(69,70)64(73,74)96(87,88)84-97(89,90)66(77,78)79/h2-37,84H,1H3/b58-48-,59-49-. The molecule has 98 heavy (non-hydrogen) atoms. The monoisotopic (exact) mass is 1430 g/mol. The first kappa shape index (κ1) is 68.0. The molecule has 1 N–H and O–H groups in total. The van der Waals surface area contributed by atoms with Gasteiger partial charge in [-0.2, -0.15) is 67.2 Å². The average Bonchev–Trinajstić information content (AvgIpc) is 1.49. The summed E-state index contributed by atoms with van der Waals surface area (Å²) in [6.45, 7) is -0.395. The number of sulfonamides is 2. The zero-order chi connectivity index (χ0) is 70.1. The second-order valence-corrected chi connectivity index (χ2v) is 29.2. The molecule has 0 saturated heterocycles. The molecule has 494 valence electrons. The number of rotatable bonds is 19. The summed E-state index contributed by atoms with van der Waals surface area (Å²) < 4.78 is 249. The fraction of sp³-hybridized carbons (Fsp3) is 0.0909. The van der Waals surface area contributed by atoms with Gasteiger partial charge in [-0.05, 0) is 48.9 Å². The van der Waals surface area contributed by atoms with Crippen molar-refractivity contribution in [3.8, 4) is 40.4 Å². The molecular formula is C66H40B2F11N7O7S5. The van der Waals surface area contributed by atoms with Crippen molar-refractivity contribution in [1.29, 1.82) is 10.5 Å². The molecule has 14 nitrogen and oxygen atoms in total. The van der Waals surface area contributed by atoms with Crippen LogP contribution >= 0.6 is 22.7 Å². The molecular weight excluding hydrogens is 1390 g/mol. The molecule has 0 atom stereocenters. The fourth-order valence-corrected chi connectivity index (χ4v) is 16.7. The minimum absolute atomic E-state index is 0.0118. The molecule has 0 aliphatic rings. The van der Waals surface area contributed by atoms with E-state index in [2.05, 4.69) is 16.3 Å². The van der Waals surface area contributed by atoms with Gasteiger partial charge in [0.2, 0.25) is 0 Å². The molecule has 32 heteroatoms. The van der Waals surface area contributed by atoms with E-state index in [0.29, 0.717) is 71.2 Å². The van der Waals surface area contributed by atoms with E-state index in [0.717, 1.165) is 28.7 Å². The maximum Gasteiger partial charge on any atom is 0.512 e. The lowest BCUT2D eigenvalue weighted by molar-refractivity contribution is -0.326. The van der Waals surface area contributed by atoms with Crippen LogP contribution in [0.4, 0.5) is 48.3 Å². The Hall–Kier alpha value is -9.95. The Bertz CT molecular complexity index is 5480. The Kier molecular flexibility index (Phi) is 17.5. The second-order valence-electron chi connectivity index (χ2n) is 21.9. The van der Waals surface area contributed by atoms with Crippen molar-refractivity contribution in [1.82, 2.24) is 23.1 Å². The molecule has 0 unspecified atom stereocenters. The van der Waals surface area contributed by atoms with Crippen molar-refractivity contribution in [3.63, 3.8) is 0 Å². The summed E-state index contributed by atoms with van der Waals surface area (Å²) in [6, 6.07) is 64.3. The van der Waals surface area contributed by atoms with Crippen LogP contribution in [0, 0.1) is 29.6 Å². The maximum atomic E-state index is 16.3. The number of hydrogen-bond acceptors (Lipinski definition) is 13. The van der Waals surface area contributed by atoms with Gasteiger partial charge in [0.25, 0.3) is 10.0 Å². The normalized spacial score (nSPS) is 13.5. The SMILES string of the molecule is Cc1ccccc1-c1c2/c(=C(\C#N)c3nc4ccccc4s3)n(B(c3ccccc3)c3ccccc3)c(-c3cccc(OS(=O)(=O)C(F)(F)C(F)(F)C(F)(F)C(F)(F)S(=O)(=O)NS(=O)(=O)C(F)(F)F)c3)c2/c(=C(\C#N)c2nc3ccccc3s2)n1B(c1ccccc1)c1ccccc1. The third-order valence-corrected chi connectivity index (χ3v) is 22.6. The highest BCUT2D eigenvalue weighted by Crippen LogP contribution is 2.56. The third kappa shape index (κ3) is 11.4. The highest BCUT2D eigenvalue weighted by Gasteiger charge is 2.88. The molecule has 0 aliphatic carbocycles. The van der Waals surface area contributed by atoms with Crippen LogP contribution in [-0.4, -0.2) is 85.7 Å². The molecule has 0 bridgehead atoms. The summed E-state index contributed by atoms with van der Waals surface area (Å²) in [5.74, 6) is -18.0. The Labute approximate surface area is 558 Å². The lowest BCUT2D eigenvalue weighted by atomic mass is 9.50.